The minimum Gasteiger partial charge on any atom is -0.383 e. The fraction of sp³-hybridized carbons (Fsp3) is 0.692. The largest absolute Gasteiger partial charge is 0.414 e. The van der Waals surface area contributed by atoms with Crippen molar-refractivity contribution < 1.29 is 23.1 Å². The molecule has 22 heavy (non-hydrogen) atoms. The number of urea groups is 1. The van der Waals surface area contributed by atoms with E-state index in [9.17, 15) is 23.1 Å². The molecule has 6 nitrogen and oxygen atoms in total. The molecule has 9 heteroatoms. The fourth-order valence-corrected chi connectivity index (χ4v) is 2.54. The summed E-state index contributed by atoms with van der Waals surface area (Å²) < 4.78 is 39.0. The predicted octanol–water partition coefficient (Wildman–Crippen LogP) is 1.26. The summed E-state index contributed by atoms with van der Waals surface area (Å²) in [5.74, 6) is -0.845. The van der Waals surface area contributed by atoms with Crippen molar-refractivity contribution in [1.82, 2.24) is 20.0 Å². The van der Waals surface area contributed by atoms with Gasteiger partial charge in [-0.3, -0.25) is 4.68 Å². The number of nitrogens with one attached hydrogen (secondary N) is 1. The quantitative estimate of drug-likeness (QED) is 0.881. The molecule has 1 fully saturated rings. The standard InChI is InChI=1S/C13H19F3N4O2/c1-19-8-9(7-18-19)6-17-12(22)20-4-2-10(3-5-20)11(21)13(14,15)16/h7-8,10-11,21H,2-6H2,1H3,(H,17,22). The Hall–Kier alpha value is -1.77. The van der Waals surface area contributed by atoms with Crippen LogP contribution in [0.15, 0.2) is 12.4 Å². The second-order valence-corrected chi connectivity index (χ2v) is 5.49. The number of carbonyl (C=O) groups is 1. The summed E-state index contributed by atoms with van der Waals surface area (Å²) in [6, 6.07) is -0.316. The first kappa shape index (κ1) is 16.6. The third-order valence-electron chi connectivity index (χ3n) is 3.81. The highest BCUT2D eigenvalue weighted by Gasteiger charge is 2.44. The molecule has 0 aromatic carbocycles. The van der Waals surface area contributed by atoms with Gasteiger partial charge in [0.05, 0.1) is 6.20 Å². The molecule has 0 spiro atoms. The molecule has 1 atom stereocenters. The highest BCUT2D eigenvalue weighted by Crippen LogP contribution is 2.31. The summed E-state index contributed by atoms with van der Waals surface area (Å²) in [7, 11) is 1.77. The highest BCUT2D eigenvalue weighted by atomic mass is 19.4. The molecule has 1 unspecified atom stereocenters. The predicted molar refractivity (Wildman–Crippen MR) is 71.8 cm³/mol. The topological polar surface area (TPSA) is 70.4 Å². The molecule has 1 aromatic rings. The summed E-state index contributed by atoms with van der Waals surface area (Å²) in [5.41, 5.74) is 0.846. The normalized spacial score (nSPS) is 18.3. The van der Waals surface area contributed by atoms with E-state index in [0.717, 1.165) is 5.56 Å². The summed E-state index contributed by atoms with van der Waals surface area (Å²) in [5, 5.41) is 15.9. The molecule has 2 N–H and O–H groups in total. The van der Waals surface area contributed by atoms with E-state index in [2.05, 4.69) is 10.4 Å². The number of rotatable bonds is 3. The molecule has 2 heterocycles. The Morgan fingerprint density at radius 3 is 2.64 bits per heavy atom. The van der Waals surface area contributed by atoms with Crippen molar-refractivity contribution in [3.8, 4) is 0 Å². The van der Waals surface area contributed by atoms with Gasteiger partial charge in [-0.05, 0) is 18.8 Å². The van der Waals surface area contributed by atoms with Crippen LogP contribution in [0.25, 0.3) is 0 Å². The summed E-state index contributed by atoms with van der Waals surface area (Å²) >= 11 is 0. The van der Waals surface area contributed by atoms with Crippen LogP contribution in [0.4, 0.5) is 18.0 Å². The summed E-state index contributed by atoms with van der Waals surface area (Å²) in [6.45, 7) is 0.727. The van der Waals surface area contributed by atoms with Gasteiger partial charge in [-0.1, -0.05) is 0 Å². The number of aromatic nitrogens is 2. The number of carbonyl (C=O) groups excluding carboxylic acids is 1. The van der Waals surface area contributed by atoms with Crippen LogP contribution in [-0.2, 0) is 13.6 Å². The summed E-state index contributed by atoms with van der Waals surface area (Å²) in [6.07, 6.45) is -3.23. The van der Waals surface area contributed by atoms with Gasteiger partial charge in [0, 0.05) is 38.4 Å². The molecule has 1 aliphatic rings. The molecule has 0 bridgehead atoms. The van der Waals surface area contributed by atoms with Gasteiger partial charge in [0.15, 0.2) is 6.10 Å². The average molecular weight is 320 g/mol. The van der Waals surface area contributed by atoms with Gasteiger partial charge in [0.1, 0.15) is 0 Å². The number of alkyl halides is 3. The third kappa shape index (κ3) is 4.12. The second-order valence-electron chi connectivity index (χ2n) is 5.49. The van der Waals surface area contributed by atoms with Crippen molar-refractivity contribution in [2.24, 2.45) is 13.0 Å². The molecule has 0 saturated carbocycles. The Balaban J connectivity index is 1.77. The van der Waals surface area contributed by atoms with Crippen LogP contribution in [0.3, 0.4) is 0 Å². The lowest BCUT2D eigenvalue weighted by Gasteiger charge is -2.34. The minimum atomic E-state index is -4.60. The van der Waals surface area contributed by atoms with Crippen molar-refractivity contribution >= 4 is 6.03 Å². The first-order valence-electron chi connectivity index (χ1n) is 7.02. The third-order valence-corrected chi connectivity index (χ3v) is 3.81. The number of aryl methyl sites for hydroxylation is 1. The maximum Gasteiger partial charge on any atom is 0.414 e. The Bertz CT molecular complexity index is 510. The first-order valence-corrected chi connectivity index (χ1v) is 7.02. The number of amides is 2. The van der Waals surface area contributed by atoms with Crippen LogP contribution in [0.1, 0.15) is 18.4 Å². The fourth-order valence-electron chi connectivity index (χ4n) is 2.54. The maximum absolute atomic E-state index is 12.4. The number of piperidine rings is 1. The van der Waals surface area contributed by atoms with E-state index in [1.165, 1.54) is 4.90 Å². The van der Waals surface area contributed by atoms with Crippen LogP contribution in [0.5, 0.6) is 0 Å². The van der Waals surface area contributed by atoms with E-state index in [-0.39, 0.29) is 32.0 Å². The molecule has 2 amide bonds. The van der Waals surface area contributed by atoms with Crippen molar-refractivity contribution in [3.05, 3.63) is 18.0 Å². The van der Waals surface area contributed by atoms with E-state index in [0.29, 0.717) is 6.54 Å². The zero-order chi connectivity index (χ0) is 16.3. The van der Waals surface area contributed by atoms with Crippen LogP contribution >= 0.6 is 0 Å². The van der Waals surface area contributed by atoms with E-state index in [1.54, 1.807) is 24.1 Å². The van der Waals surface area contributed by atoms with E-state index in [1.807, 2.05) is 0 Å². The zero-order valence-corrected chi connectivity index (χ0v) is 12.2. The van der Waals surface area contributed by atoms with E-state index < -0.39 is 18.2 Å². The van der Waals surface area contributed by atoms with Crippen LogP contribution in [0, 0.1) is 5.92 Å². The number of likely N-dealkylation sites (tertiary alicyclic amines) is 1. The molecule has 1 aliphatic heterocycles. The minimum absolute atomic E-state index is 0.140. The number of nitrogens with zero attached hydrogens (tertiary/aromatic N) is 3. The van der Waals surface area contributed by atoms with Gasteiger partial charge in [0.2, 0.25) is 0 Å². The monoisotopic (exact) mass is 320 g/mol. The van der Waals surface area contributed by atoms with Gasteiger partial charge in [0.25, 0.3) is 0 Å². The average Bonchev–Trinajstić information content (AvgIpc) is 2.89. The molecular weight excluding hydrogens is 301 g/mol. The van der Waals surface area contributed by atoms with Crippen molar-refractivity contribution in [2.45, 2.75) is 31.7 Å². The van der Waals surface area contributed by atoms with Crippen LogP contribution in [0.2, 0.25) is 0 Å². The van der Waals surface area contributed by atoms with E-state index in [4.69, 9.17) is 0 Å². The molecule has 2 rings (SSSR count). The molecule has 1 saturated heterocycles. The smallest absolute Gasteiger partial charge is 0.383 e. The second kappa shape index (κ2) is 6.55. The zero-order valence-electron chi connectivity index (χ0n) is 12.2. The van der Waals surface area contributed by atoms with Crippen molar-refractivity contribution in [1.29, 1.82) is 0 Å². The lowest BCUT2D eigenvalue weighted by atomic mass is 9.91. The number of aliphatic hydroxyl groups is 1. The lowest BCUT2D eigenvalue weighted by molar-refractivity contribution is -0.222. The lowest BCUT2D eigenvalue weighted by Crippen LogP contribution is -2.48. The van der Waals surface area contributed by atoms with Crippen molar-refractivity contribution in [3.63, 3.8) is 0 Å². The highest BCUT2D eigenvalue weighted by molar-refractivity contribution is 5.74. The first-order chi connectivity index (χ1) is 10.3. The number of halogens is 3. The maximum atomic E-state index is 12.4. The van der Waals surface area contributed by atoms with Crippen molar-refractivity contribution in [2.75, 3.05) is 13.1 Å². The van der Waals surface area contributed by atoms with Gasteiger partial charge in [-0.25, -0.2) is 4.79 Å². The van der Waals surface area contributed by atoms with Crippen LogP contribution < -0.4 is 5.32 Å². The van der Waals surface area contributed by atoms with Gasteiger partial charge < -0.3 is 15.3 Å². The molecule has 1 aromatic heterocycles. The Morgan fingerprint density at radius 1 is 1.50 bits per heavy atom. The molecule has 124 valence electrons. The van der Waals surface area contributed by atoms with E-state index >= 15 is 0 Å². The molecule has 0 aliphatic carbocycles. The summed E-state index contributed by atoms with van der Waals surface area (Å²) in [4.78, 5) is 13.4. The van der Waals surface area contributed by atoms with Gasteiger partial charge in [-0.2, -0.15) is 18.3 Å². The Morgan fingerprint density at radius 2 is 2.14 bits per heavy atom. The number of aliphatic hydroxyl groups excluding tert-OH is 1. The van der Waals surface area contributed by atoms with Gasteiger partial charge >= 0.3 is 12.2 Å². The SMILES string of the molecule is Cn1cc(CNC(=O)N2CCC(C(O)C(F)(F)F)CC2)cn1. The number of hydrogen-bond acceptors (Lipinski definition) is 3. The van der Waals surface area contributed by atoms with Crippen LogP contribution in [-0.4, -0.2) is 51.2 Å². The number of hydrogen-bond donors (Lipinski definition) is 2. The molecule has 0 radical (unpaired) electrons. The Labute approximate surface area is 125 Å². The molecular formula is C13H19F3N4O2. The van der Waals surface area contributed by atoms with Gasteiger partial charge in [-0.15, -0.1) is 0 Å². The Kier molecular flexibility index (Phi) is 4.94.